The van der Waals surface area contributed by atoms with E-state index >= 15 is 0 Å². The lowest BCUT2D eigenvalue weighted by Gasteiger charge is -2.37. The normalized spacial score (nSPS) is 15.6. The molecule has 0 saturated carbocycles. The number of carbonyl (C=O) groups is 1. The number of anilines is 2. The average Bonchev–Trinajstić information content (AvgIpc) is 2.45. The third kappa shape index (κ3) is 4.51. The Morgan fingerprint density at radius 1 is 1.22 bits per heavy atom. The number of rotatable bonds is 2. The highest BCUT2D eigenvalue weighted by Crippen LogP contribution is 2.25. The zero-order chi connectivity index (χ0) is 17.2. The lowest BCUT2D eigenvalue weighted by molar-refractivity contribution is 0.0240. The van der Waals surface area contributed by atoms with Gasteiger partial charge >= 0.3 is 6.09 Å². The van der Waals surface area contributed by atoms with E-state index in [0.717, 1.165) is 35.1 Å². The Bertz CT molecular complexity index is 559. The van der Waals surface area contributed by atoms with Crippen LogP contribution in [0.3, 0.4) is 0 Å². The van der Waals surface area contributed by atoms with Gasteiger partial charge in [-0.25, -0.2) is 4.79 Å². The molecule has 1 N–H and O–H groups in total. The van der Waals surface area contributed by atoms with Gasteiger partial charge in [0.05, 0.1) is 5.69 Å². The minimum atomic E-state index is -0.461. The summed E-state index contributed by atoms with van der Waals surface area (Å²) in [6.07, 6.45) is -0.245. The highest BCUT2D eigenvalue weighted by molar-refractivity contribution is 5.69. The number of hydrogen-bond acceptors (Lipinski definition) is 5. The Kier molecular flexibility index (Phi) is 5.04. The molecule has 1 saturated heterocycles. The van der Waals surface area contributed by atoms with Crippen LogP contribution in [0.15, 0.2) is 18.2 Å². The molecule has 1 amide bonds. The van der Waals surface area contributed by atoms with Gasteiger partial charge in [-0.2, -0.15) is 0 Å². The van der Waals surface area contributed by atoms with E-state index in [2.05, 4.69) is 11.0 Å². The Morgan fingerprint density at radius 2 is 1.83 bits per heavy atom. The van der Waals surface area contributed by atoms with E-state index in [-0.39, 0.29) is 6.09 Å². The number of carbonyl (C=O) groups excluding carboxylic acids is 1. The minimum Gasteiger partial charge on any atom is -0.444 e. The number of nitrogens with zero attached hydrogens (tertiary/aromatic N) is 3. The van der Waals surface area contributed by atoms with Crippen LogP contribution in [-0.2, 0) is 4.74 Å². The number of piperazine rings is 1. The van der Waals surface area contributed by atoms with Crippen LogP contribution in [0.1, 0.15) is 26.3 Å². The van der Waals surface area contributed by atoms with Crippen molar-refractivity contribution in [3.05, 3.63) is 23.8 Å². The number of aryl methyl sites for hydroxylation is 1. The van der Waals surface area contributed by atoms with Gasteiger partial charge in [0.2, 0.25) is 0 Å². The average molecular weight is 321 g/mol. The van der Waals surface area contributed by atoms with Crippen molar-refractivity contribution in [3.8, 4) is 0 Å². The number of hydroxylamine groups is 1. The molecule has 128 valence electrons. The summed E-state index contributed by atoms with van der Waals surface area (Å²) >= 11 is 0. The van der Waals surface area contributed by atoms with Crippen LogP contribution in [-0.4, -0.2) is 55.0 Å². The quantitative estimate of drug-likeness (QED) is 0.849. The van der Waals surface area contributed by atoms with Crippen molar-refractivity contribution in [1.29, 1.82) is 0 Å². The molecule has 6 heteroatoms. The molecule has 2 rings (SSSR count). The summed E-state index contributed by atoms with van der Waals surface area (Å²) in [5.41, 5.74) is 2.46. The van der Waals surface area contributed by atoms with Crippen molar-refractivity contribution >= 4 is 17.5 Å². The number of hydrogen-bond donors (Lipinski definition) is 1. The van der Waals surface area contributed by atoms with Crippen LogP contribution in [0, 0.1) is 6.92 Å². The number of benzene rings is 1. The molecular formula is C17H27N3O3. The summed E-state index contributed by atoms with van der Waals surface area (Å²) in [6.45, 7) is 10.4. The molecule has 0 aliphatic carbocycles. The molecule has 1 fully saturated rings. The molecule has 0 bridgehead atoms. The zero-order valence-electron chi connectivity index (χ0n) is 14.7. The van der Waals surface area contributed by atoms with Crippen molar-refractivity contribution in [1.82, 2.24) is 4.90 Å². The summed E-state index contributed by atoms with van der Waals surface area (Å²) < 4.78 is 5.41. The third-order valence-electron chi connectivity index (χ3n) is 3.83. The highest BCUT2D eigenvalue weighted by atomic mass is 16.6. The van der Waals surface area contributed by atoms with Crippen LogP contribution in [0.2, 0.25) is 0 Å². The summed E-state index contributed by atoms with van der Waals surface area (Å²) in [5.74, 6) is 0. The Balaban J connectivity index is 1.97. The molecule has 0 radical (unpaired) electrons. The van der Waals surface area contributed by atoms with Crippen LogP contribution < -0.4 is 9.96 Å². The van der Waals surface area contributed by atoms with Gasteiger partial charge in [-0.05, 0) is 51.5 Å². The molecule has 1 aliphatic rings. The molecule has 0 atom stereocenters. The van der Waals surface area contributed by atoms with Crippen molar-refractivity contribution < 1.29 is 14.7 Å². The monoisotopic (exact) mass is 321 g/mol. The van der Waals surface area contributed by atoms with Gasteiger partial charge in [0.1, 0.15) is 5.60 Å². The topological polar surface area (TPSA) is 56.2 Å². The summed E-state index contributed by atoms with van der Waals surface area (Å²) in [4.78, 5) is 16.1. The highest BCUT2D eigenvalue weighted by Gasteiger charge is 2.26. The fraction of sp³-hybridized carbons (Fsp3) is 0.588. The third-order valence-corrected chi connectivity index (χ3v) is 3.83. The largest absolute Gasteiger partial charge is 0.444 e. The van der Waals surface area contributed by atoms with Gasteiger partial charge in [0.15, 0.2) is 0 Å². The second-order valence-corrected chi connectivity index (χ2v) is 6.95. The first-order valence-corrected chi connectivity index (χ1v) is 7.93. The molecular weight excluding hydrogens is 294 g/mol. The summed E-state index contributed by atoms with van der Waals surface area (Å²) in [5, 5.41) is 10.7. The van der Waals surface area contributed by atoms with Gasteiger partial charge < -0.3 is 14.5 Å². The molecule has 0 aromatic heterocycles. The van der Waals surface area contributed by atoms with Gasteiger partial charge in [0, 0.05) is 38.9 Å². The van der Waals surface area contributed by atoms with Gasteiger partial charge in [-0.15, -0.1) is 0 Å². The van der Waals surface area contributed by atoms with Gasteiger partial charge in [0.25, 0.3) is 0 Å². The van der Waals surface area contributed by atoms with Crippen molar-refractivity contribution in [2.75, 3.05) is 43.2 Å². The van der Waals surface area contributed by atoms with E-state index in [1.165, 1.54) is 0 Å². The molecule has 0 spiro atoms. The first kappa shape index (κ1) is 17.4. The molecule has 23 heavy (non-hydrogen) atoms. The fourth-order valence-corrected chi connectivity index (χ4v) is 2.67. The molecule has 1 aromatic rings. The molecule has 1 aromatic carbocycles. The zero-order valence-corrected chi connectivity index (χ0v) is 14.7. The van der Waals surface area contributed by atoms with E-state index < -0.39 is 5.60 Å². The fourth-order valence-electron chi connectivity index (χ4n) is 2.67. The smallest absolute Gasteiger partial charge is 0.410 e. The van der Waals surface area contributed by atoms with E-state index in [4.69, 9.17) is 4.74 Å². The van der Waals surface area contributed by atoms with E-state index in [9.17, 15) is 10.0 Å². The lowest BCUT2D eigenvalue weighted by atomic mass is 10.1. The predicted molar refractivity (Wildman–Crippen MR) is 91.4 cm³/mol. The summed E-state index contributed by atoms with van der Waals surface area (Å²) in [7, 11) is 1.61. The maximum atomic E-state index is 12.1. The second kappa shape index (κ2) is 6.66. The SMILES string of the molecule is Cc1cc(N2CCN(C(=O)OC(C)(C)C)CC2)ccc1N(C)O. The van der Waals surface area contributed by atoms with Crippen LogP contribution >= 0.6 is 0 Å². The maximum absolute atomic E-state index is 12.1. The summed E-state index contributed by atoms with van der Waals surface area (Å²) in [6, 6.07) is 5.97. The first-order chi connectivity index (χ1) is 10.7. The Labute approximate surface area is 138 Å². The molecule has 1 heterocycles. The standard InChI is InChI=1S/C17H27N3O3/c1-13-12-14(6-7-15(13)18(5)22)19-8-10-20(11-9-19)16(21)23-17(2,3)4/h6-7,12,22H,8-11H2,1-5H3. The van der Waals surface area contributed by atoms with E-state index in [1.807, 2.05) is 39.8 Å². The Morgan fingerprint density at radius 3 is 2.30 bits per heavy atom. The van der Waals surface area contributed by atoms with E-state index in [1.54, 1.807) is 11.9 Å². The predicted octanol–water partition coefficient (Wildman–Crippen LogP) is 2.88. The van der Waals surface area contributed by atoms with Gasteiger partial charge in [-0.1, -0.05) is 0 Å². The second-order valence-electron chi connectivity index (χ2n) is 6.95. The van der Waals surface area contributed by atoms with Gasteiger partial charge in [-0.3, -0.25) is 10.3 Å². The minimum absolute atomic E-state index is 0.245. The number of amides is 1. The molecule has 0 unspecified atom stereocenters. The Hall–Kier alpha value is -1.95. The first-order valence-electron chi connectivity index (χ1n) is 7.93. The molecule has 6 nitrogen and oxygen atoms in total. The van der Waals surface area contributed by atoms with Crippen LogP contribution in [0.25, 0.3) is 0 Å². The van der Waals surface area contributed by atoms with Crippen molar-refractivity contribution in [3.63, 3.8) is 0 Å². The van der Waals surface area contributed by atoms with Crippen LogP contribution in [0.5, 0.6) is 0 Å². The van der Waals surface area contributed by atoms with Crippen molar-refractivity contribution in [2.45, 2.75) is 33.3 Å². The van der Waals surface area contributed by atoms with E-state index in [0.29, 0.717) is 13.1 Å². The molecule has 1 aliphatic heterocycles. The maximum Gasteiger partial charge on any atom is 0.410 e. The van der Waals surface area contributed by atoms with Crippen molar-refractivity contribution in [2.24, 2.45) is 0 Å². The number of ether oxygens (including phenoxy) is 1. The van der Waals surface area contributed by atoms with Crippen LogP contribution in [0.4, 0.5) is 16.2 Å². The lowest BCUT2D eigenvalue weighted by Crippen LogP contribution is -2.50.